The summed E-state index contributed by atoms with van der Waals surface area (Å²) < 4.78 is 0. The molecular formula is C31H28N2O4S. The zero-order chi connectivity index (χ0) is 27.1. The van der Waals surface area contributed by atoms with Crippen LogP contribution < -0.4 is 10.6 Å². The van der Waals surface area contributed by atoms with Gasteiger partial charge in [0.25, 0.3) is 5.91 Å². The first kappa shape index (κ1) is 26.7. The van der Waals surface area contributed by atoms with Crippen molar-refractivity contribution >= 4 is 40.9 Å². The van der Waals surface area contributed by atoms with E-state index >= 15 is 0 Å². The molecule has 0 bridgehead atoms. The van der Waals surface area contributed by atoms with Gasteiger partial charge in [0, 0.05) is 16.3 Å². The highest BCUT2D eigenvalue weighted by atomic mass is 32.2. The molecule has 0 aliphatic carbocycles. The molecule has 0 unspecified atom stereocenters. The van der Waals surface area contributed by atoms with Crippen LogP contribution in [0.1, 0.15) is 49.6 Å². The highest BCUT2D eigenvalue weighted by molar-refractivity contribution is 8.00. The van der Waals surface area contributed by atoms with Crippen LogP contribution in [-0.4, -0.2) is 22.9 Å². The topological polar surface area (TPSA) is 95.5 Å². The van der Waals surface area contributed by atoms with Gasteiger partial charge in [0.05, 0.1) is 11.1 Å². The number of amides is 2. The number of benzene rings is 4. The molecule has 4 aromatic carbocycles. The summed E-state index contributed by atoms with van der Waals surface area (Å²) in [6, 6.07) is 28.8. The van der Waals surface area contributed by atoms with Crippen molar-refractivity contribution in [1.82, 2.24) is 0 Å². The first-order valence-corrected chi connectivity index (χ1v) is 13.1. The maximum atomic E-state index is 13.6. The molecule has 4 aromatic rings. The van der Waals surface area contributed by atoms with Crippen LogP contribution in [0.4, 0.5) is 11.4 Å². The molecule has 0 aliphatic rings. The number of para-hydroxylation sites is 1. The molecular weight excluding hydrogens is 496 g/mol. The normalized spacial score (nSPS) is 11.4. The van der Waals surface area contributed by atoms with Crippen molar-refractivity contribution in [2.75, 3.05) is 10.6 Å². The lowest BCUT2D eigenvalue weighted by Gasteiger charge is -2.20. The van der Waals surface area contributed by atoms with Gasteiger partial charge in [-0.2, -0.15) is 0 Å². The van der Waals surface area contributed by atoms with Crippen molar-refractivity contribution in [2.45, 2.75) is 30.4 Å². The summed E-state index contributed by atoms with van der Waals surface area (Å²) in [5.41, 5.74) is 4.37. The van der Waals surface area contributed by atoms with Crippen LogP contribution in [0.25, 0.3) is 0 Å². The van der Waals surface area contributed by atoms with Crippen LogP contribution in [0.15, 0.2) is 102 Å². The van der Waals surface area contributed by atoms with E-state index < -0.39 is 17.1 Å². The van der Waals surface area contributed by atoms with Gasteiger partial charge in [-0.15, -0.1) is 11.8 Å². The molecule has 38 heavy (non-hydrogen) atoms. The lowest BCUT2D eigenvalue weighted by Crippen LogP contribution is -2.20. The summed E-state index contributed by atoms with van der Waals surface area (Å²) in [5.74, 6) is -1.78. The van der Waals surface area contributed by atoms with Crippen LogP contribution in [-0.2, 0) is 11.2 Å². The van der Waals surface area contributed by atoms with Crippen LogP contribution in [0.5, 0.6) is 0 Å². The first-order chi connectivity index (χ1) is 18.4. The number of carbonyl (C=O) groups is 3. The summed E-state index contributed by atoms with van der Waals surface area (Å²) in [4.78, 5) is 38.6. The number of anilines is 2. The van der Waals surface area contributed by atoms with Gasteiger partial charge in [-0.1, -0.05) is 67.6 Å². The third-order valence-corrected chi connectivity index (χ3v) is 7.36. The molecule has 0 spiro atoms. The van der Waals surface area contributed by atoms with Gasteiger partial charge < -0.3 is 15.7 Å². The lowest BCUT2D eigenvalue weighted by molar-refractivity contribution is -0.115. The molecule has 1 atom stereocenters. The molecule has 0 aliphatic heterocycles. The van der Waals surface area contributed by atoms with E-state index in [1.807, 2.05) is 67.6 Å². The van der Waals surface area contributed by atoms with E-state index in [4.69, 9.17) is 0 Å². The minimum absolute atomic E-state index is 0.0613. The van der Waals surface area contributed by atoms with Crippen molar-refractivity contribution in [2.24, 2.45) is 0 Å². The lowest BCUT2D eigenvalue weighted by atomic mass is 10.1. The quantitative estimate of drug-likeness (QED) is 0.205. The Hall–Kier alpha value is -4.36. The SMILES string of the molecule is CCc1cccc(C)c1NC(=O)[C@H](Sc1ccc(NC(=O)c2ccccc2C(=O)O)cc1)c1ccccc1. The molecule has 0 heterocycles. The molecule has 7 heteroatoms. The molecule has 0 radical (unpaired) electrons. The Morgan fingerprint density at radius 3 is 2.11 bits per heavy atom. The number of carbonyl (C=O) groups excluding carboxylic acids is 2. The molecule has 3 N–H and O–H groups in total. The number of aromatic carboxylic acids is 1. The third-order valence-electron chi connectivity index (χ3n) is 6.10. The largest absolute Gasteiger partial charge is 0.478 e. The van der Waals surface area contributed by atoms with E-state index in [0.29, 0.717) is 5.69 Å². The Morgan fingerprint density at radius 2 is 1.45 bits per heavy atom. The highest BCUT2D eigenvalue weighted by Crippen LogP contribution is 2.37. The van der Waals surface area contributed by atoms with Crippen molar-refractivity contribution in [3.8, 4) is 0 Å². The Balaban J connectivity index is 1.53. The Kier molecular flexibility index (Phi) is 8.61. The zero-order valence-corrected chi connectivity index (χ0v) is 21.9. The molecule has 4 rings (SSSR count). The van der Waals surface area contributed by atoms with E-state index in [1.165, 1.54) is 23.9 Å². The van der Waals surface area contributed by atoms with Gasteiger partial charge in [-0.25, -0.2) is 4.79 Å². The van der Waals surface area contributed by atoms with Crippen LogP contribution >= 0.6 is 11.8 Å². The van der Waals surface area contributed by atoms with E-state index in [0.717, 1.165) is 33.7 Å². The number of aryl methyl sites for hydroxylation is 2. The van der Waals surface area contributed by atoms with Crippen molar-refractivity contribution in [1.29, 1.82) is 0 Å². The number of thioether (sulfide) groups is 1. The summed E-state index contributed by atoms with van der Waals surface area (Å²) in [7, 11) is 0. The van der Waals surface area contributed by atoms with Crippen LogP contribution in [0, 0.1) is 6.92 Å². The van der Waals surface area contributed by atoms with Crippen molar-refractivity contribution in [3.05, 3.63) is 125 Å². The number of hydrogen-bond acceptors (Lipinski definition) is 4. The van der Waals surface area contributed by atoms with Gasteiger partial charge >= 0.3 is 5.97 Å². The van der Waals surface area contributed by atoms with Gasteiger partial charge in [0.15, 0.2) is 0 Å². The van der Waals surface area contributed by atoms with E-state index in [1.54, 1.807) is 24.3 Å². The van der Waals surface area contributed by atoms with E-state index in [2.05, 4.69) is 17.6 Å². The second kappa shape index (κ2) is 12.3. The molecule has 0 saturated carbocycles. The predicted octanol–water partition coefficient (Wildman–Crippen LogP) is 6.98. The Morgan fingerprint density at radius 1 is 0.789 bits per heavy atom. The average Bonchev–Trinajstić information content (AvgIpc) is 2.94. The zero-order valence-electron chi connectivity index (χ0n) is 21.1. The Labute approximate surface area is 226 Å². The van der Waals surface area contributed by atoms with Gasteiger partial charge in [0.2, 0.25) is 5.91 Å². The van der Waals surface area contributed by atoms with Crippen molar-refractivity contribution in [3.63, 3.8) is 0 Å². The predicted molar refractivity (Wildman–Crippen MR) is 152 cm³/mol. The highest BCUT2D eigenvalue weighted by Gasteiger charge is 2.23. The summed E-state index contributed by atoms with van der Waals surface area (Å²) in [5, 5.41) is 14.8. The second-order valence-corrected chi connectivity index (χ2v) is 9.87. The summed E-state index contributed by atoms with van der Waals surface area (Å²) >= 11 is 1.42. The summed E-state index contributed by atoms with van der Waals surface area (Å²) in [6.45, 7) is 4.05. The minimum atomic E-state index is -1.16. The fraction of sp³-hybridized carbons (Fsp3) is 0.129. The summed E-state index contributed by atoms with van der Waals surface area (Å²) in [6.07, 6.45) is 0.810. The maximum absolute atomic E-state index is 13.6. The second-order valence-electron chi connectivity index (χ2n) is 8.69. The standard InChI is InChI=1S/C31H28N2O4S/c1-3-21-13-9-10-20(2)27(21)33-30(35)28(22-11-5-4-6-12-22)38-24-18-16-23(17-19-24)32-29(34)25-14-7-8-15-26(25)31(36)37/h4-19,28H,3H2,1-2H3,(H,32,34)(H,33,35)(H,36,37)/t28-/m1/s1. The van der Waals surface area contributed by atoms with E-state index in [-0.39, 0.29) is 17.0 Å². The van der Waals surface area contributed by atoms with Gasteiger partial charge in [-0.05, 0) is 66.4 Å². The average molecular weight is 525 g/mol. The molecule has 0 saturated heterocycles. The van der Waals surface area contributed by atoms with E-state index in [9.17, 15) is 19.5 Å². The number of nitrogens with one attached hydrogen (secondary N) is 2. The number of hydrogen-bond donors (Lipinski definition) is 3. The minimum Gasteiger partial charge on any atom is -0.478 e. The van der Waals surface area contributed by atoms with Crippen molar-refractivity contribution < 1.29 is 19.5 Å². The first-order valence-electron chi connectivity index (χ1n) is 12.2. The molecule has 2 amide bonds. The smallest absolute Gasteiger partial charge is 0.336 e. The maximum Gasteiger partial charge on any atom is 0.336 e. The molecule has 0 aromatic heterocycles. The molecule has 6 nitrogen and oxygen atoms in total. The van der Waals surface area contributed by atoms with Gasteiger partial charge in [0.1, 0.15) is 5.25 Å². The number of rotatable bonds is 9. The molecule has 192 valence electrons. The number of carboxylic acids is 1. The van der Waals surface area contributed by atoms with Crippen LogP contribution in [0.3, 0.4) is 0 Å². The van der Waals surface area contributed by atoms with Crippen LogP contribution in [0.2, 0.25) is 0 Å². The Bertz CT molecular complexity index is 1450. The number of carboxylic acid groups (broad SMARTS) is 1. The monoisotopic (exact) mass is 524 g/mol. The van der Waals surface area contributed by atoms with Gasteiger partial charge in [-0.3, -0.25) is 9.59 Å². The molecule has 0 fully saturated rings. The fourth-order valence-corrected chi connectivity index (χ4v) is 5.14. The fourth-order valence-electron chi connectivity index (χ4n) is 4.11. The third kappa shape index (κ3) is 6.30.